The lowest BCUT2D eigenvalue weighted by Gasteiger charge is -2.44. The first-order valence-electron chi connectivity index (χ1n) is 4.08. The van der Waals surface area contributed by atoms with Crippen LogP contribution in [0, 0.1) is 5.92 Å². The van der Waals surface area contributed by atoms with E-state index < -0.39 is 11.6 Å². The van der Waals surface area contributed by atoms with Crippen LogP contribution in [0.1, 0.15) is 13.8 Å². The lowest BCUT2D eigenvalue weighted by atomic mass is 9.95. The molecule has 0 aromatic carbocycles. The third-order valence-corrected chi connectivity index (χ3v) is 2.08. The van der Waals surface area contributed by atoms with E-state index in [1.807, 2.05) is 4.90 Å². The molecule has 1 saturated heterocycles. The van der Waals surface area contributed by atoms with Crippen molar-refractivity contribution in [3.63, 3.8) is 0 Å². The van der Waals surface area contributed by atoms with Crippen molar-refractivity contribution in [1.82, 2.24) is 4.90 Å². The highest BCUT2D eigenvalue weighted by molar-refractivity contribution is 5.69. The molecule has 4 nitrogen and oxygen atoms in total. The minimum Gasteiger partial charge on any atom is -0.481 e. The number of aliphatic hydroxyl groups is 1. The zero-order valence-electron chi connectivity index (χ0n) is 7.45. The van der Waals surface area contributed by atoms with Crippen molar-refractivity contribution in [2.45, 2.75) is 19.4 Å². The molecule has 0 aliphatic carbocycles. The summed E-state index contributed by atoms with van der Waals surface area (Å²) in [4.78, 5) is 12.4. The van der Waals surface area contributed by atoms with Crippen molar-refractivity contribution in [3.05, 3.63) is 0 Å². The summed E-state index contributed by atoms with van der Waals surface area (Å²) in [5, 5.41) is 17.9. The van der Waals surface area contributed by atoms with E-state index in [2.05, 4.69) is 0 Å². The number of hydrogen-bond acceptors (Lipinski definition) is 3. The first kappa shape index (κ1) is 9.48. The van der Waals surface area contributed by atoms with Crippen molar-refractivity contribution in [1.29, 1.82) is 0 Å². The molecule has 0 saturated carbocycles. The van der Waals surface area contributed by atoms with E-state index in [0.29, 0.717) is 19.6 Å². The second-order valence-corrected chi connectivity index (χ2v) is 3.91. The molecular formula is C8H15NO3. The van der Waals surface area contributed by atoms with Crippen molar-refractivity contribution in [2.24, 2.45) is 5.92 Å². The van der Waals surface area contributed by atoms with Gasteiger partial charge in [0.25, 0.3) is 0 Å². The van der Waals surface area contributed by atoms with Gasteiger partial charge in [0.15, 0.2) is 0 Å². The van der Waals surface area contributed by atoms with Gasteiger partial charge in [-0.1, -0.05) is 6.92 Å². The van der Waals surface area contributed by atoms with Crippen LogP contribution in [0.3, 0.4) is 0 Å². The molecule has 0 spiro atoms. The third-order valence-electron chi connectivity index (χ3n) is 2.08. The first-order valence-corrected chi connectivity index (χ1v) is 4.08. The number of rotatable bonds is 3. The molecule has 0 radical (unpaired) electrons. The Labute approximate surface area is 71.8 Å². The van der Waals surface area contributed by atoms with Crippen LogP contribution in [-0.4, -0.2) is 46.3 Å². The van der Waals surface area contributed by atoms with Gasteiger partial charge < -0.3 is 10.2 Å². The lowest BCUT2D eigenvalue weighted by molar-refractivity contribution is -0.145. The monoisotopic (exact) mass is 173 g/mol. The number of nitrogens with zero attached hydrogens (tertiary/aromatic N) is 1. The van der Waals surface area contributed by atoms with Crippen molar-refractivity contribution in [2.75, 3.05) is 19.6 Å². The van der Waals surface area contributed by atoms with Crippen molar-refractivity contribution in [3.8, 4) is 0 Å². The van der Waals surface area contributed by atoms with Gasteiger partial charge in [0, 0.05) is 19.6 Å². The van der Waals surface area contributed by atoms with Gasteiger partial charge in [-0.3, -0.25) is 9.69 Å². The van der Waals surface area contributed by atoms with Gasteiger partial charge in [0.2, 0.25) is 0 Å². The van der Waals surface area contributed by atoms with Gasteiger partial charge >= 0.3 is 5.97 Å². The van der Waals surface area contributed by atoms with Gasteiger partial charge in [-0.25, -0.2) is 0 Å². The van der Waals surface area contributed by atoms with Crippen LogP contribution in [-0.2, 0) is 4.79 Å². The highest BCUT2D eigenvalue weighted by Gasteiger charge is 2.37. The molecule has 1 rings (SSSR count). The number of carbonyl (C=O) groups is 1. The van der Waals surface area contributed by atoms with Crippen LogP contribution >= 0.6 is 0 Å². The number of likely N-dealkylation sites (tertiary alicyclic amines) is 1. The minimum absolute atomic E-state index is 0.346. The molecule has 0 amide bonds. The predicted octanol–water partition coefficient (Wildman–Crippen LogP) is -0.226. The summed E-state index contributed by atoms with van der Waals surface area (Å²) in [6, 6.07) is 0. The maximum atomic E-state index is 10.4. The van der Waals surface area contributed by atoms with E-state index in [1.165, 1.54) is 0 Å². The van der Waals surface area contributed by atoms with Crippen molar-refractivity contribution >= 4 is 5.97 Å². The lowest BCUT2D eigenvalue weighted by Crippen LogP contribution is -2.60. The van der Waals surface area contributed by atoms with E-state index in [1.54, 1.807) is 13.8 Å². The zero-order chi connectivity index (χ0) is 9.35. The normalized spacial score (nSPS) is 24.6. The fourth-order valence-electron chi connectivity index (χ4n) is 1.51. The van der Waals surface area contributed by atoms with Gasteiger partial charge in [-0.05, 0) is 6.92 Å². The quantitative estimate of drug-likeness (QED) is 0.619. The highest BCUT2D eigenvalue weighted by Crippen LogP contribution is 2.20. The van der Waals surface area contributed by atoms with Crippen LogP contribution in [0.4, 0.5) is 0 Å². The van der Waals surface area contributed by atoms with E-state index in [9.17, 15) is 9.90 Å². The van der Waals surface area contributed by atoms with Crippen molar-refractivity contribution < 1.29 is 15.0 Å². The molecule has 0 aromatic rings. The van der Waals surface area contributed by atoms with E-state index in [-0.39, 0.29) is 5.92 Å². The van der Waals surface area contributed by atoms with Gasteiger partial charge in [0.05, 0.1) is 11.5 Å². The molecule has 1 aliphatic rings. The molecule has 1 aliphatic heterocycles. The Balaban J connectivity index is 2.23. The number of aliphatic carboxylic acids is 1. The fourth-order valence-corrected chi connectivity index (χ4v) is 1.51. The van der Waals surface area contributed by atoms with Crippen LogP contribution in [0.5, 0.6) is 0 Å². The summed E-state index contributed by atoms with van der Waals surface area (Å²) in [5.74, 6) is -1.12. The topological polar surface area (TPSA) is 60.8 Å². The molecule has 0 aromatic heterocycles. The Morgan fingerprint density at radius 1 is 1.67 bits per heavy atom. The molecule has 12 heavy (non-hydrogen) atoms. The maximum absolute atomic E-state index is 10.4. The van der Waals surface area contributed by atoms with Crippen LogP contribution in [0.2, 0.25) is 0 Å². The number of carboxylic acid groups (broad SMARTS) is 1. The average Bonchev–Trinajstić information content (AvgIpc) is 1.83. The smallest absolute Gasteiger partial charge is 0.307 e. The van der Waals surface area contributed by atoms with Crippen LogP contribution < -0.4 is 0 Å². The molecule has 1 fully saturated rings. The third kappa shape index (κ3) is 2.19. The fraction of sp³-hybridized carbons (Fsp3) is 0.875. The molecule has 4 heteroatoms. The van der Waals surface area contributed by atoms with Crippen LogP contribution in [0.25, 0.3) is 0 Å². The number of hydrogen-bond donors (Lipinski definition) is 2. The first-order chi connectivity index (χ1) is 5.41. The minimum atomic E-state index is -0.776. The summed E-state index contributed by atoms with van der Waals surface area (Å²) in [5.41, 5.74) is -0.599. The molecule has 1 atom stereocenters. The molecule has 0 bridgehead atoms. The maximum Gasteiger partial charge on any atom is 0.307 e. The Hall–Kier alpha value is -0.610. The van der Waals surface area contributed by atoms with E-state index >= 15 is 0 Å². The largest absolute Gasteiger partial charge is 0.481 e. The summed E-state index contributed by atoms with van der Waals surface area (Å²) in [6.45, 7) is 5.14. The van der Waals surface area contributed by atoms with Gasteiger partial charge in [0.1, 0.15) is 0 Å². The standard InChI is InChI=1S/C8H15NO3/c1-6(7(10)11)3-9-4-8(2,12)5-9/h6,12H,3-5H2,1-2H3,(H,10,11). The number of carboxylic acids is 1. The average molecular weight is 173 g/mol. The molecule has 70 valence electrons. The summed E-state index contributed by atoms with van der Waals surface area (Å²) >= 11 is 0. The SMILES string of the molecule is CC(CN1CC(C)(O)C1)C(=O)O. The van der Waals surface area contributed by atoms with Gasteiger partial charge in [-0.2, -0.15) is 0 Å². The molecule has 2 N–H and O–H groups in total. The predicted molar refractivity (Wildman–Crippen MR) is 43.9 cm³/mol. The zero-order valence-corrected chi connectivity index (χ0v) is 7.45. The molecular weight excluding hydrogens is 158 g/mol. The highest BCUT2D eigenvalue weighted by atomic mass is 16.4. The van der Waals surface area contributed by atoms with E-state index in [0.717, 1.165) is 0 Å². The Bertz CT molecular complexity index is 183. The summed E-state index contributed by atoms with van der Waals surface area (Å²) < 4.78 is 0. The Morgan fingerprint density at radius 3 is 2.50 bits per heavy atom. The second-order valence-electron chi connectivity index (χ2n) is 3.91. The second kappa shape index (κ2) is 3.03. The Morgan fingerprint density at radius 2 is 2.17 bits per heavy atom. The molecule has 1 heterocycles. The number of β-amino-alcohol motifs (C(OH)–C–C–N with tert-alkyl or cyclic N) is 1. The van der Waals surface area contributed by atoms with E-state index in [4.69, 9.17) is 5.11 Å². The summed E-state index contributed by atoms with van der Waals surface area (Å²) in [6.07, 6.45) is 0. The summed E-state index contributed by atoms with van der Waals surface area (Å²) in [7, 11) is 0. The van der Waals surface area contributed by atoms with Gasteiger partial charge in [-0.15, -0.1) is 0 Å². The van der Waals surface area contributed by atoms with Crippen LogP contribution in [0.15, 0.2) is 0 Å². The Kier molecular flexibility index (Phi) is 2.39. The molecule has 1 unspecified atom stereocenters.